The third kappa shape index (κ3) is 5.50. The molecule has 0 amide bonds. The number of halogens is 1. The van der Waals surface area contributed by atoms with E-state index in [0.717, 1.165) is 62.1 Å². The molecule has 5 fully saturated rings. The van der Waals surface area contributed by atoms with Gasteiger partial charge in [-0.25, -0.2) is 4.98 Å². The summed E-state index contributed by atoms with van der Waals surface area (Å²) in [6.45, 7) is 2.49. The number of aliphatic hydroxyl groups is 1. The third-order valence-corrected chi connectivity index (χ3v) is 10.2. The summed E-state index contributed by atoms with van der Waals surface area (Å²) in [6, 6.07) is 10.6. The van der Waals surface area contributed by atoms with Crippen LogP contribution in [0.5, 0.6) is 0 Å². The number of nitrogens with zero attached hydrogens (tertiary/aromatic N) is 3. The van der Waals surface area contributed by atoms with Crippen molar-refractivity contribution in [2.75, 3.05) is 23.7 Å². The van der Waals surface area contributed by atoms with Crippen LogP contribution in [0.1, 0.15) is 68.9 Å². The summed E-state index contributed by atoms with van der Waals surface area (Å²) >= 11 is 6.29. The van der Waals surface area contributed by atoms with Crippen molar-refractivity contribution in [3.63, 3.8) is 0 Å². The second-order valence-corrected chi connectivity index (χ2v) is 12.9. The van der Waals surface area contributed by atoms with Crippen molar-refractivity contribution in [3.8, 4) is 6.07 Å². The minimum absolute atomic E-state index is 0.0783. The molecule has 0 radical (unpaired) electrons. The lowest BCUT2D eigenvalue weighted by Gasteiger charge is -2.60. The second kappa shape index (κ2) is 11.0. The molecule has 0 aliphatic heterocycles. The van der Waals surface area contributed by atoms with Gasteiger partial charge in [0.2, 0.25) is 5.95 Å². The number of nitriles is 1. The molecule has 5 aliphatic carbocycles. The van der Waals surface area contributed by atoms with Gasteiger partial charge in [-0.05, 0) is 105 Å². The van der Waals surface area contributed by atoms with E-state index in [9.17, 15) is 10.4 Å². The van der Waals surface area contributed by atoms with Crippen molar-refractivity contribution in [3.05, 3.63) is 46.6 Å². The molecule has 4 bridgehead atoms. The van der Waals surface area contributed by atoms with Crippen LogP contribution in [0.4, 0.5) is 11.8 Å². The zero-order valence-corrected chi connectivity index (χ0v) is 22.8. The Morgan fingerprint density at radius 3 is 2.55 bits per heavy atom. The Morgan fingerprint density at radius 2 is 1.82 bits per heavy atom. The van der Waals surface area contributed by atoms with E-state index in [1.54, 1.807) is 6.20 Å². The SMILES string of the molecule is N#Cc1cnc(NCc2ccccc2Cl)nc1NC[C@]12CC3C[C@H](C1)[C@@H](NC[C@H]1CC[C@@H](O)CC1)[C@@H](C3)C2. The fourth-order valence-corrected chi connectivity index (χ4v) is 8.37. The van der Waals surface area contributed by atoms with Crippen LogP contribution < -0.4 is 16.0 Å². The zero-order chi connectivity index (χ0) is 26.1. The van der Waals surface area contributed by atoms with Crippen molar-refractivity contribution in [1.82, 2.24) is 15.3 Å². The molecule has 1 aromatic heterocycles. The number of nitrogens with one attached hydrogen (secondary N) is 3. The van der Waals surface area contributed by atoms with Crippen LogP contribution in [-0.2, 0) is 6.54 Å². The van der Waals surface area contributed by atoms with E-state index < -0.39 is 0 Å². The Balaban J connectivity index is 1.08. The second-order valence-electron chi connectivity index (χ2n) is 12.4. The molecule has 1 unspecified atom stereocenters. The molecule has 5 atom stereocenters. The van der Waals surface area contributed by atoms with E-state index in [0.29, 0.717) is 40.9 Å². The van der Waals surface area contributed by atoms with Gasteiger partial charge >= 0.3 is 0 Å². The fourth-order valence-electron chi connectivity index (χ4n) is 8.17. The number of hydrogen-bond acceptors (Lipinski definition) is 7. The Hall–Kier alpha value is -2.40. The van der Waals surface area contributed by atoms with E-state index in [2.05, 4.69) is 32.0 Å². The van der Waals surface area contributed by atoms with Gasteiger partial charge in [0.05, 0.1) is 12.3 Å². The Kier molecular flexibility index (Phi) is 7.48. The predicted octanol–water partition coefficient (Wildman–Crippen LogP) is 5.36. The highest BCUT2D eigenvalue weighted by Gasteiger charge is 2.55. The van der Waals surface area contributed by atoms with Crippen LogP contribution in [0.3, 0.4) is 0 Å². The van der Waals surface area contributed by atoms with E-state index in [1.165, 1.54) is 32.1 Å². The van der Waals surface area contributed by atoms with Crippen LogP contribution in [0.15, 0.2) is 30.5 Å². The van der Waals surface area contributed by atoms with Gasteiger partial charge in [-0.3, -0.25) is 0 Å². The van der Waals surface area contributed by atoms with Gasteiger partial charge in [-0.15, -0.1) is 0 Å². The van der Waals surface area contributed by atoms with Gasteiger partial charge < -0.3 is 21.1 Å². The highest BCUT2D eigenvalue weighted by molar-refractivity contribution is 6.31. The lowest BCUT2D eigenvalue weighted by Crippen LogP contribution is -2.60. The van der Waals surface area contributed by atoms with Gasteiger partial charge in [0, 0.05) is 24.2 Å². The average Bonchev–Trinajstić information content (AvgIpc) is 2.92. The number of benzene rings is 1. The summed E-state index contributed by atoms with van der Waals surface area (Å²) in [7, 11) is 0. The molecule has 4 N–H and O–H groups in total. The molecule has 1 heterocycles. The number of anilines is 2. The van der Waals surface area contributed by atoms with Gasteiger partial charge in [0.1, 0.15) is 17.5 Å². The first kappa shape index (κ1) is 25.9. The lowest BCUT2D eigenvalue weighted by atomic mass is 9.48. The van der Waals surface area contributed by atoms with Crippen LogP contribution >= 0.6 is 11.6 Å². The maximum atomic E-state index is 9.84. The topological polar surface area (TPSA) is 106 Å². The van der Waals surface area contributed by atoms with Gasteiger partial charge in [0.15, 0.2) is 0 Å². The molecule has 202 valence electrons. The fraction of sp³-hybridized carbons (Fsp3) is 0.633. The maximum absolute atomic E-state index is 9.84. The van der Waals surface area contributed by atoms with Gasteiger partial charge in [0.25, 0.3) is 0 Å². The van der Waals surface area contributed by atoms with E-state index in [-0.39, 0.29) is 11.5 Å². The van der Waals surface area contributed by atoms with Gasteiger partial charge in [-0.2, -0.15) is 10.2 Å². The molecule has 8 heteroatoms. The molecule has 5 aliphatic rings. The molecule has 7 rings (SSSR count). The number of hydrogen-bond donors (Lipinski definition) is 4. The molecule has 0 saturated heterocycles. The molecule has 1 aromatic carbocycles. The summed E-state index contributed by atoms with van der Waals surface area (Å²) in [6.07, 6.45) is 12.3. The number of aromatic nitrogens is 2. The van der Waals surface area contributed by atoms with E-state index in [1.807, 2.05) is 24.3 Å². The molecular weight excluding hydrogens is 496 g/mol. The summed E-state index contributed by atoms with van der Waals surface area (Å²) in [5, 5.41) is 31.1. The number of aliphatic hydroxyl groups excluding tert-OH is 1. The third-order valence-electron chi connectivity index (χ3n) is 9.79. The van der Waals surface area contributed by atoms with Crippen molar-refractivity contribution in [1.29, 1.82) is 5.26 Å². The van der Waals surface area contributed by atoms with Crippen LogP contribution in [0.25, 0.3) is 0 Å². The minimum Gasteiger partial charge on any atom is -0.393 e. The lowest BCUT2D eigenvalue weighted by molar-refractivity contribution is -0.0704. The quantitative estimate of drug-likeness (QED) is 0.343. The molecule has 38 heavy (non-hydrogen) atoms. The van der Waals surface area contributed by atoms with Gasteiger partial charge in [-0.1, -0.05) is 29.8 Å². The first-order chi connectivity index (χ1) is 18.5. The molecular formula is C30H39ClN6O. The summed E-state index contributed by atoms with van der Waals surface area (Å²) in [5.41, 5.74) is 1.75. The summed E-state index contributed by atoms with van der Waals surface area (Å²) in [4.78, 5) is 9.03. The summed E-state index contributed by atoms with van der Waals surface area (Å²) in [5.74, 6) is 4.14. The smallest absolute Gasteiger partial charge is 0.224 e. The van der Waals surface area contributed by atoms with Crippen molar-refractivity contribution < 1.29 is 5.11 Å². The first-order valence-corrected chi connectivity index (χ1v) is 14.8. The zero-order valence-electron chi connectivity index (χ0n) is 22.0. The van der Waals surface area contributed by atoms with Crippen LogP contribution in [-0.4, -0.2) is 40.3 Å². The number of rotatable bonds is 9. The molecule has 0 spiro atoms. The maximum Gasteiger partial charge on any atom is 0.224 e. The Morgan fingerprint density at radius 1 is 1.05 bits per heavy atom. The highest BCUT2D eigenvalue weighted by atomic mass is 35.5. The minimum atomic E-state index is -0.0783. The molecule has 7 nitrogen and oxygen atoms in total. The Bertz CT molecular complexity index is 1160. The standard InChI is InChI=1S/C30H39ClN6O/c31-26-4-2-1-3-21(26)16-34-29-35-17-24(14-32)28(37-29)36-18-30-11-20-9-22(12-30)27(23(10-20)13-30)33-15-19-5-7-25(38)8-6-19/h1-4,17,19-20,22-23,25,27,33,38H,5-13,15-16,18H2,(H2,34,35,36,37)/t19-,20?,22-,23+,25+,27-,30-. The van der Waals surface area contributed by atoms with Crippen LogP contribution in [0.2, 0.25) is 5.02 Å². The monoisotopic (exact) mass is 534 g/mol. The van der Waals surface area contributed by atoms with Crippen LogP contribution in [0, 0.1) is 40.4 Å². The van der Waals surface area contributed by atoms with E-state index in [4.69, 9.17) is 11.6 Å². The highest BCUT2D eigenvalue weighted by Crippen LogP contribution is 2.60. The normalized spacial score (nSPS) is 33.6. The van der Waals surface area contributed by atoms with Crippen molar-refractivity contribution in [2.24, 2.45) is 29.1 Å². The van der Waals surface area contributed by atoms with Crippen molar-refractivity contribution in [2.45, 2.75) is 76.5 Å². The average molecular weight is 535 g/mol. The first-order valence-electron chi connectivity index (χ1n) is 14.4. The largest absolute Gasteiger partial charge is 0.393 e. The molecule has 5 saturated carbocycles. The summed E-state index contributed by atoms with van der Waals surface area (Å²) < 4.78 is 0. The Labute approximate surface area is 230 Å². The predicted molar refractivity (Wildman–Crippen MR) is 150 cm³/mol. The van der Waals surface area contributed by atoms with E-state index >= 15 is 0 Å². The van der Waals surface area contributed by atoms with Crippen molar-refractivity contribution >= 4 is 23.4 Å². The molecule has 2 aromatic rings.